The molecule has 1 aromatic heterocycles. The van der Waals surface area contributed by atoms with Crippen molar-refractivity contribution in [3.63, 3.8) is 0 Å². The van der Waals surface area contributed by atoms with Gasteiger partial charge in [-0.1, -0.05) is 24.3 Å². The molecule has 0 saturated heterocycles. The van der Waals surface area contributed by atoms with Crippen LogP contribution in [0, 0.1) is 0 Å². The molecule has 1 amide bonds. The molecular formula is C15H15F3N4O3. The summed E-state index contributed by atoms with van der Waals surface area (Å²) in [7, 11) is 0. The largest absolute Gasteiger partial charge is 0.476 e. The molecule has 0 aliphatic carbocycles. The number of amides is 1. The number of aromatic nitrogens is 3. The van der Waals surface area contributed by atoms with Gasteiger partial charge < -0.3 is 10.4 Å². The molecule has 0 aliphatic heterocycles. The molecule has 10 heteroatoms. The molecule has 0 bridgehead atoms. The van der Waals surface area contributed by atoms with Crippen molar-refractivity contribution in [3.05, 3.63) is 47.3 Å². The van der Waals surface area contributed by atoms with Crippen molar-refractivity contribution in [3.8, 4) is 0 Å². The fourth-order valence-electron chi connectivity index (χ4n) is 2.06. The van der Waals surface area contributed by atoms with Gasteiger partial charge in [0.2, 0.25) is 5.91 Å². The number of carbonyl (C=O) groups is 2. The predicted molar refractivity (Wildman–Crippen MR) is 79.9 cm³/mol. The van der Waals surface area contributed by atoms with Crippen LogP contribution in [0.2, 0.25) is 0 Å². The topological polar surface area (TPSA) is 97.1 Å². The third kappa shape index (κ3) is 5.03. The highest BCUT2D eigenvalue weighted by atomic mass is 19.4. The lowest BCUT2D eigenvalue weighted by Gasteiger charge is -2.14. The highest BCUT2D eigenvalue weighted by Gasteiger charge is 2.30. The SMILES string of the molecule is CC(CNC(=O)Cn1cc(C(=O)O)nn1)c1ccc(C(F)(F)F)cc1. The van der Waals surface area contributed by atoms with Gasteiger partial charge in [-0.2, -0.15) is 13.2 Å². The number of halogens is 3. The van der Waals surface area contributed by atoms with Gasteiger partial charge in [0.1, 0.15) is 6.54 Å². The Morgan fingerprint density at radius 2 is 1.92 bits per heavy atom. The van der Waals surface area contributed by atoms with Gasteiger partial charge in [0, 0.05) is 6.54 Å². The summed E-state index contributed by atoms with van der Waals surface area (Å²) in [6.45, 7) is 1.77. The van der Waals surface area contributed by atoms with Gasteiger partial charge in [-0.3, -0.25) is 4.79 Å². The second-order valence-electron chi connectivity index (χ2n) is 5.43. The molecule has 0 saturated carbocycles. The minimum absolute atomic E-state index is 0.198. The van der Waals surface area contributed by atoms with Crippen molar-refractivity contribution >= 4 is 11.9 Å². The van der Waals surface area contributed by atoms with Gasteiger partial charge >= 0.3 is 12.1 Å². The smallest absolute Gasteiger partial charge is 0.416 e. The van der Waals surface area contributed by atoms with Crippen LogP contribution in [-0.2, 0) is 17.5 Å². The lowest BCUT2D eigenvalue weighted by molar-refractivity contribution is -0.137. The zero-order valence-electron chi connectivity index (χ0n) is 13.1. The Balaban J connectivity index is 1.87. The molecule has 1 atom stereocenters. The average Bonchev–Trinajstić information content (AvgIpc) is 3.00. The normalized spacial score (nSPS) is 12.6. The van der Waals surface area contributed by atoms with Crippen LogP contribution in [0.25, 0.3) is 0 Å². The van der Waals surface area contributed by atoms with E-state index in [9.17, 15) is 22.8 Å². The fraction of sp³-hybridized carbons (Fsp3) is 0.333. The lowest BCUT2D eigenvalue weighted by Crippen LogP contribution is -2.31. The summed E-state index contributed by atoms with van der Waals surface area (Å²) < 4.78 is 38.7. The van der Waals surface area contributed by atoms with Crippen molar-refractivity contribution in [2.75, 3.05) is 6.54 Å². The molecular weight excluding hydrogens is 341 g/mol. The van der Waals surface area contributed by atoms with Crippen LogP contribution >= 0.6 is 0 Å². The van der Waals surface area contributed by atoms with E-state index >= 15 is 0 Å². The first-order valence-electron chi connectivity index (χ1n) is 7.24. The number of nitrogens with zero attached hydrogens (tertiary/aromatic N) is 3. The molecule has 7 nitrogen and oxygen atoms in total. The molecule has 2 rings (SSSR count). The van der Waals surface area contributed by atoms with E-state index in [1.165, 1.54) is 12.1 Å². The predicted octanol–water partition coefficient (Wildman–Crippen LogP) is 1.91. The number of hydrogen-bond donors (Lipinski definition) is 2. The molecule has 0 spiro atoms. The summed E-state index contributed by atoms with van der Waals surface area (Å²) >= 11 is 0. The van der Waals surface area contributed by atoms with E-state index in [2.05, 4.69) is 15.6 Å². The second-order valence-corrected chi connectivity index (χ2v) is 5.43. The lowest BCUT2D eigenvalue weighted by atomic mass is 9.99. The quantitative estimate of drug-likeness (QED) is 0.824. The molecule has 1 heterocycles. The maximum atomic E-state index is 12.5. The Bertz CT molecular complexity index is 756. The van der Waals surface area contributed by atoms with Gasteiger partial charge in [0.15, 0.2) is 5.69 Å². The number of aromatic carboxylic acids is 1. The van der Waals surface area contributed by atoms with E-state index < -0.39 is 23.6 Å². The number of alkyl halides is 3. The highest BCUT2D eigenvalue weighted by Crippen LogP contribution is 2.30. The third-order valence-electron chi connectivity index (χ3n) is 3.48. The highest BCUT2D eigenvalue weighted by molar-refractivity contribution is 5.84. The monoisotopic (exact) mass is 356 g/mol. The summed E-state index contributed by atoms with van der Waals surface area (Å²) in [5.41, 5.74) is -0.346. The van der Waals surface area contributed by atoms with Crippen LogP contribution in [0.3, 0.4) is 0 Å². The maximum absolute atomic E-state index is 12.5. The van der Waals surface area contributed by atoms with E-state index in [1.807, 2.05) is 0 Å². The van der Waals surface area contributed by atoms with Crippen molar-refractivity contribution in [2.45, 2.75) is 25.6 Å². The Morgan fingerprint density at radius 3 is 2.44 bits per heavy atom. The molecule has 0 radical (unpaired) electrons. The molecule has 1 aromatic carbocycles. The number of nitrogens with one attached hydrogen (secondary N) is 1. The van der Waals surface area contributed by atoms with Crippen molar-refractivity contribution in [1.29, 1.82) is 0 Å². The fourth-order valence-corrected chi connectivity index (χ4v) is 2.06. The summed E-state index contributed by atoms with van der Waals surface area (Å²) in [4.78, 5) is 22.5. The zero-order valence-corrected chi connectivity index (χ0v) is 13.1. The molecule has 0 aliphatic rings. The van der Waals surface area contributed by atoms with Crippen LogP contribution in [0.5, 0.6) is 0 Å². The number of carbonyl (C=O) groups excluding carboxylic acids is 1. The summed E-state index contributed by atoms with van der Waals surface area (Å²) in [5, 5.41) is 18.2. The second kappa shape index (κ2) is 7.32. The number of rotatable bonds is 6. The van der Waals surface area contributed by atoms with E-state index in [-0.39, 0.29) is 24.7 Å². The molecule has 1 unspecified atom stereocenters. The van der Waals surface area contributed by atoms with Gasteiger partial charge in [-0.15, -0.1) is 5.10 Å². The number of carboxylic acids is 1. The summed E-state index contributed by atoms with van der Waals surface area (Å²) in [6, 6.07) is 4.74. The number of benzene rings is 1. The summed E-state index contributed by atoms with van der Waals surface area (Å²) in [5.74, 6) is -1.86. The van der Waals surface area contributed by atoms with E-state index in [1.54, 1.807) is 6.92 Å². The number of hydrogen-bond acceptors (Lipinski definition) is 4. The standard InChI is InChI=1S/C15H15F3N4O3/c1-9(10-2-4-11(5-3-10)15(16,17)18)6-19-13(23)8-22-7-12(14(24)25)20-21-22/h2-5,7,9H,6,8H2,1H3,(H,19,23)(H,24,25). The molecule has 2 N–H and O–H groups in total. The minimum atomic E-state index is -4.39. The van der Waals surface area contributed by atoms with Crippen LogP contribution in [0.15, 0.2) is 30.5 Å². The first-order valence-corrected chi connectivity index (χ1v) is 7.24. The van der Waals surface area contributed by atoms with E-state index in [0.29, 0.717) is 5.56 Å². The van der Waals surface area contributed by atoms with Gasteiger partial charge in [-0.25, -0.2) is 9.48 Å². The molecule has 25 heavy (non-hydrogen) atoms. The van der Waals surface area contributed by atoms with Gasteiger partial charge in [0.05, 0.1) is 11.8 Å². The van der Waals surface area contributed by atoms with Gasteiger partial charge in [-0.05, 0) is 23.6 Å². The average molecular weight is 356 g/mol. The van der Waals surface area contributed by atoms with Crippen molar-refractivity contribution in [2.24, 2.45) is 0 Å². The van der Waals surface area contributed by atoms with Crippen molar-refractivity contribution in [1.82, 2.24) is 20.3 Å². The number of carboxylic acid groups (broad SMARTS) is 1. The Kier molecular flexibility index (Phi) is 5.40. The van der Waals surface area contributed by atoms with E-state index in [0.717, 1.165) is 23.0 Å². The van der Waals surface area contributed by atoms with E-state index in [4.69, 9.17) is 5.11 Å². The van der Waals surface area contributed by atoms with Crippen molar-refractivity contribution < 1.29 is 27.9 Å². The zero-order chi connectivity index (χ0) is 18.6. The third-order valence-corrected chi connectivity index (χ3v) is 3.48. The van der Waals surface area contributed by atoms with Crippen LogP contribution in [0.1, 0.15) is 34.5 Å². The van der Waals surface area contributed by atoms with Crippen LogP contribution < -0.4 is 5.32 Å². The molecule has 0 fully saturated rings. The van der Waals surface area contributed by atoms with Gasteiger partial charge in [0.25, 0.3) is 0 Å². The molecule has 2 aromatic rings. The summed E-state index contributed by atoms with van der Waals surface area (Å²) in [6.07, 6.45) is -3.26. The first kappa shape index (κ1) is 18.4. The Labute approximate surface area is 140 Å². The molecule has 134 valence electrons. The Hall–Kier alpha value is -2.91. The first-order chi connectivity index (χ1) is 11.7. The van der Waals surface area contributed by atoms with Crippen LogP contribution in [-0.4, -0.2) is 38.5 Å². The van der Waals surface area contributed by atoms with Crippen LogP contribution in [0.4, 0.5) is 13.2 Å². The minimum Gasteiger partial charge on any atom is -0.476 e. The Morgan fingerprint density at radius 1 is 1.28 bits per heavy atom. The maximum Gasteiger partial charge on any atom is 0.416 e.